The van der Waals surface area contributed by atoms with Gasteiger partial charge < -0.3 is 9.64 Å². The molecule has 1 spiro atoms. The Kier molecular flexibility index (Phi) is 5.12. The molecule has 2 heterocycles. The Balaban J connectivity index is 1.48. The van der Waals surface area contributed by atoms with Crippen LogP contribution in [0.2, 0.25) is 0 Å². The second-order valence-corrected chi connectivity index (χ2v) is 10.2. The van der Waals surface area contributed by atoms with E-state index in [4.69, 9.17) is 4.74 Å². The Morgan fingerprint density at radius 2 is 2.04 bits per heavy atom. The molecule has 1 aromatic rings. The van der Waals surface area contributed by atoms with E-state index in [1.807, 2.05) is 6.07 Å². The zero-order valence-electron chi connectivity index (χ0n) is 15.6. The van der Waals surface area contributed by atoms with Crippen molar-refractivity contribution in [3.05, 3.63) is 35.4 Å². The monoisotopic (exact) mass is 378 g/mol. The summed E-state index contributed by atoms with van der Waals surface area (Å²) in [5, 5.41) is 0. The van der Waals surface area contributed by atoms with Crippen LogP contribution in [0, 0.1) is 5.92 Å². The van der Waals surface area contributed by atoms with E-state index in [1.165, 1.54) is 17.5 Å². The van der Waals surface area contributed by atoms with Crippen LogP contribution in [0.5, 0.6) is 0 Å². The highest BCUT2D eigenvalue weighted by Gasteiger charge is 2.46. The minimum atomic E-state index is -3.20. The van der Waals surface area contributed by atoms with E-state index in [1.54, 1.807) is 6.92 Å². The molecule has 144 valence electrons. The fourth-order valence-electron chi connectivity index (χ4n) is 5.03. The molecular formula is C20H30N2O3S. The molecule has 0 amide bonds. The Morgan fingerprint density at radius 1 is 1.27 bits per heavy atom. The summed E-state index contributed by atoms with van der Waals surface area (Å²) in [6, 6.07) is 8.37. The van der Waals surface area contributed by atoms with Gasteiger partial charge in [-0.15, -0.1) is 0 Å². The van der Waals surface area contributed by atoms with Gasteiger partial charge in [-0.2, -0.15) is 0 Å². The normalized spacial score (nSPS) is 28.5. The lowest BCUT2D eigenvalue weighted by Gasteiger charge is -2.41. The van der Waals surface area contributed by atoms with Gasteiger partial charge in [-0.25, -0.2) is 13.1 Å². The topological polar surface area (TPSA) is 58.6 Å². The van der Waals surface area contributed by atoms with E-state index in [9.17, 15) is 8.42 Å². The van der Waals surface area contributed by atoms with Crippen LogP contribution in [0.3, 0.4) is 0 Å². The molecule has 3 aliphatic rings. The number of fused-ring (bicyclic) bond motifs is 2. The van der Waals surface area contributed by atoms with Crippen molar-refractivity contribution in [3.63, 3.8) is 0 Å². The zero-order valence-corrected chi connectivity index (χ0v) is 16.4. The Bertz CT molecular complexity index is 735. The van der Waals surface area contributed by atoms with E-state index >= 15 is 0 Å². The molecule has 2 saturated heterocycles. The summed E-state index contributed by atoms with van der Waals surface area (Å²) in [6.45, 7) is 6.85. The van der Waals surface area contributed by atoms with Crippen molar-refractivity contribution in [3.8, 4) is 0 Å². The first-order valence-electron chi connectivity index (χ1n) is 9.91. The Labute approximate surface area is 157 Å². The summed E-state index contributed by atoms with van der Waals surface area (Å²) in [5.74, 6) is 0.819. The molecule has 4 rings (SSSR count). The second-order valence-electron chi connectivity index (χ2n) is 8.18. The fourth-order valence-corrected chi connectivity index (χ4v) is 5.84. The molecule has 0 saturated carbocycles. The largest absolute Gasteiger partial charge is 0.381 e. The number of nitrogens with zero attached hydrogens (tertiary/aromatic N) is 1. The third-order valence-electron chi connectivity index (χ3n) is 6.56. The first kappa shape index (κ1) is 18.4. The van der Waals surface area contributed by atoms with Crippen LogP contribution in [-0.2, 0) is 20.2 Å². The summed E-state index contributed by atoms with van der Waals surface area (Å²) in [4.78, 5) is 2.58. The number of rotatable bonds is 5. The van der Waals surface area contributed by atoms with Gasteiger partial charge in [0.15, 0.2) is 0 Å². The Hall–Kier alpha value is -0.950. The Morgan fingerprint density at radius 3 is 2.73 bits per heavy atom. The van der Waals surface area contributed by atoms with Crippen molar-refractivity contribution >= 4 is 10.0 Å². The van der Waals surface area contributed by atoms with Gasteiger partial charge in [0.1, 0.15) is 0 Å². The molecule has 1 aromatic carbocycles. The first-order valence-corrected chi connectivity index (χ1v) is 11.6. The van der Waals surface area contributed by atoms with Gasteiger partial charge in [0.05, 0.1) is 12.4 Å². The molecule has 0 unspecified atom stereocenters. The molecule has 2 atom stereocenters. The third kappa shape index (κ3) is 3.57. The summed E-state index contributed by atoms with van der Waals surface area (Å²) >= 11 is 0. The average molecular weight is 379 g/mol. The fraction of sp³-hybridized carbons (Fsp3) is 0.700. The summed E-state index contributed by atoms with van der Waals surface area (Å²) in [5.41, 5.74) is 2.68. The molecule has 6 heteroatoms. The second kappa shape index (κ2) is 7.23. The maximum absolute atomic E-state index is 12.2. The van der Waals surface area contributed by atoms with E-state index in [0.717, 1.165) is 52.1 Å². The van der Waals surface area contributed by atoms with Crippen molar-refractivity contribution < 1.29 is 13.2 Å². The standard InChI is InChI=1S/C20H30N2O3S/c1-2-26(23,24)21-19-13-20(18-6-4-3-5-17(18)19)8-10-22(11-9-20)14-16-7-12-25-15-16/h3-6,16,19,21H,2,7-15H2,1H3/t16-,19+/m1/s1. The molecular weight excluding hydrogens is 348 g/mol. The van der Waals surface area contributed by atoms with Gasteiger partial charge in [0.25, 0.3) is 0 Å². The maximum Gasteiger partial charge on any atom is 0.211 e. The first-order chi connectivity index (χ1) is 12.5. The van der Waals surface area contributed by atoms with E-state index in [-0.39, 0.29) is 17.2 Å². The summed E-state index contributed by atoms with van der Waals surface area (Å²) in [7, 11) is -3.20. The highest BCUT2D eigenvalue weighted by Crippen LogP contribution is 2.51. The van der Waals surface area contributed by atoms with E-state index in [0.29, 0.717) is 5.92 Å². The van der Waals surface area contributed by atoms with Gasteiger partial charge in [-0.3, -0.25) is 0 Å². The van der Waals surface area contributed by atoms with Crippen molar-refractivity contribution in [2.75, 3.05) is 38.6 Å². The van der Waals surface area contributed by atoms with Crippen molar-refractivity contribution in [2.45, 2.75) is 44.1 Å². The van der Waals surface area contributed by atoms with Gasteiger partial charge in [0.2, 0.25) is 10.0 Å². The van der Waals surface area contributed by atoms with Crippen LogP contribution in [-0.4, -0.2) is 51.9 Å². The van der Waals surface area contributed by atoms with Gasteiger partial charge in [0, 0.05) is 19.2 Å². The van der Waals surface area contributed by atoms with Crippen LogP contribution in [0.4, 0.5) is 0 Å². The number of ether oxygens (including phenoxy) is 1. The molecule has 26 heavy (non-hydrogen) atoms. The third-order valence-corrected chi connectivity index (χ3v) is 7.96. The lowest BCUT2D eigenvalue weighted by atomic mass is 9.73. The van der Waals surface area contributed by atoms with E-state index < -0.39 is 10.0 Å². The quantitative estimate of drug-likeness (QED) is 0.855. The minimum absolute atomic E-state index is 0.0778. The minimum Gasteiger partial charge on any atom is -0.381 e. The van der Waals surface area contributed by atoms with Gasteiger partial charge >= 0.3 is 0 Å². The molecule has 2 aliphatic heterocycles. The number of likely N-dealkylation sites (tertiary alicyclic amines) is 1. The van der Waals surface area contributed by atoms with Crippen LogP contribution < -0.4 is 4.72 Å². The molecule has 1 N–H and O–H groups in total. The molecule has 0 aromatic heterocycles. The van der Waals surface area contributed by atoms with Crippen molar-refractivity contribution in [1.82, 2.24) is 9.62 Å². The van der Waals surface area contributed by atoms with Crippen molar-refractivity contribution in [2.24, 2.45) is 5.92 Å². The number of piperidine rings is 1. The molecule has 2 fully saturated rings. The number of sulfonamides is 1. The smallest absolute Gasteiger partial charge is 0.211 e. The number of nitrogens with one attached hydrogen (secondary N) is 1. The van der Waals surface area contributed by atoms with E-state index in [2.05, 4.69) is 27.8 Å². The van der Waals surface area contributed by atoms with Crippen molar-refractivity contribution in [1.29, 1.82) is 0 Å². The predicted molar refractivity (Wildman–Crippen MR) is 103 cm³/mol. The molecule has 1 aliphatic carbocycles. The average Bonchev–Trinajstić information content (AvgIpc) is 3.25. The maximum atomic E-state index is 12.2. The number of benzene rings is 1. The highest BCUT2D eigenvalue weighted by atomic mass is 32.2. The predicted octanol–water partition coefficient (Wildman–Crippen LogP) is 2.44. The van der Waals surface area contributed by atoms with Crippen LogP contribution >= 0.6 is 0 Å². The zero-order chi connectivity index (χ0) is 18.2. The lowest BCUT2D eigenvalue weighted by Crippen LogP contribution is -2.44. The van der Waals surface area contributed by atoms with Gasteiger partial charge in [-0.05, 0) is 68.2 Å². The number of hydrogen-bond acceptors (Lipinski definition) is 4. The SMILES string of the molecule is CCS(=O)(=O)N[C@H]1CC2(CCN(C[C@H]3CCOC3)CC2)c2ccccc21. The van der Waals surface area contributed by atoms with Crippen LogP contribution in [0.15, 0.2) is 24.3 Å². The molecule has 0 radical (unpaired) electrons. The van der Waals surface area contributed by atoms with Crippen LogP contribution in [0.25, 0.3) is 0 Å². The van der Waals surface area contributed by atoms with Crippen LogP contribution in [0.1, 0.15) is 49.8 Å². The molecule has 0 bridgehead atoms. The highest BCUT2D eigenvalue weighted by molar-refractivity contribution is 7.89. The lowest BCUT2D eigenvalue weighted by molar-refractivity contribution is 0.125. The summed E-state index contributed by atoms with van der Waals surface area (Å²) < 4.78 is 32.8. The van der Waals surface area contributed by atoms with Gasteiger partial charge in [-0.1, -0.05) is 24.3 Å². The summed E-state index contributed by atoms with van der Waals surface area (Å²) in [6.07, 6.45) is 4.31. The number of hydrogen-bond donors (Lipinski definition) is 1. The molecule has 5 nitrogen and oxygen atoms in total.